The zero-order chi connectivity index (χ0) is 52.3. The zero-order valence-electron chi connectivity index (χ0n) is 46.2. The third-order valence-corrected chi connectivity index (χ3v) is 8.89. The number of allylic oxidation sites excluding steroid dienone is 4. The number of hydrogen-bond donors (Lipinski definition) is 3. The summed E-state index contributed by atoms with van der Waals surface area (Å²) in [5.74, 6) is 1.92. The summed E-state index contributed by atoms with van der Waals surface area (Å²) in [5, 5.41) is 4.75. The number of unbranched alkanes of at least 4 members (excludes halogenated alkanes) is 3. The van der Waals surface area contributed by atoms with E-state index in [2.05, 4.69) is 104 Å². The third-order valence-electron chi connectivity index (χ3n) is 8.89. The van der Waals surface area contributed by atoms with Crippen molar-refractivity contribution in [2.24, 2.45) is 41.2 Å². The molecule has 0 saturated carbocycles. The number of nitrogens with zero attached hydrogens (tertiary/aromatic N) is 1. The maximum Gasteiger partial charge on any atom is 0.287 e. The molecule has 1 aliphatic rings. The Morgan fingerprint density at radius 2 is 1.09 bits per heavy atom. The van der Waals surface area contributed by atoms with Crippen LogP contribution in [0.2, 0.25) is 0 Å². The van der Waals surface area contributed by atoms with Gasteiger partial charge in [0.05, 0.1) is 13.1 Å². The van der Waals surface area contributed by atoms with E-state index in [-0.39, 0.29) is 60.6 Å². The molecule has 0 radical (unpaired) electrons. The quantitative estimate of drug-likeness (QED) is 0.0855. The second kappa shape index (κ2) is 56.5. The number of amides is 4. The van der Waals surface area contributed by atoms with Gasteiger partial charge in [-0.05, 0) is 76.0 Å². The molecule has 0 aromatic rings. The Bertz CT molecular complexity index is 1210. The fraction of sp³-hybridized carbons (Fsp3) is 0.796. The van der Waals surface area contributed by atoms with Crippen LogP contribution in [0.15, 0.2) is 24.3 Å². The van der Waals surface area contributed by atoms with Crippen molar-refractivity contribution in [3.8, 4) is 0 Å². The molecule has 0 saturated heterocycles. The van der Waals surface area contributed by atoms with Crippen molar-refractivity contribution in [2.75, 3.05) is 27.2 Å². The van der Waals surface area contributed by atoms with Crippen molar-refractivity contribution in [3.05, 3.63) is 24.3 Å². The number of nitrogens with one attached hydrogen (secondary N) is 2. The Morgan fingerprint density at radius 3 is 1.45 bits per heavy atom. The van der Waals surface area contributed by atoms with Crippen LogP contribution in [-0.2, 0) is 33.6 Å². The maximum atomic E-state index is 12.1. The van der Waals surface area contributed by atoms with E-state index in [1.54, 1.807) is 4.90 Å². The van der Waals surface area contributed by atoms with Gasteiger partial charge in [0.1, 0.15) is 11.6 Å². The van der Waals surface area contributed by atoms with Crippen LogP contribution in [0.4, 0.5) is 0 Å². The number of carbonyl (C=O) groups excluding carboxylic acids is 7. The van der Waals surface area contributed by atoms with Gasteiger partial charge < -0.3 is 21.3 Å². The normalized spacial score (nSPS) is 12.5. The Balaban J connectivity index is -0.000000128. The second-order valence-electron chi connectivity index (χ2n) is 17.6. The molecule has 1 rings (SSSR count). The predicted octanol–water partition coefficient (Wildman–Crippen LogP) is 12.4. The lowest BCUT2D eigenvalue weighted by atomic mass is 9.83. The van der Waals surface area contributed by atoms with Gasteiger partial charge >= 0.3 is 0 Å². The molecule has 11 heteroatoms. The molecule has 3 unspecified atom stereocenters. The fourth-order valence-corrected chi connectivity index (χ4v) is 4.88. The minimum absolute atomic E-state index is 0.00977. The van der Waals surface area contributed by atoms with Gasteiger partial charge in [0.2, 0.25) is 23.5 Å². The number of primary amides is 1. The van der Waals surface area contributed by atoms with Gasteiger partial charge in [-0.25, -0.2) is 0 Å². The molecule has 0 fully saturated rings. The van der Waals surface area contributed by atoms with Crippen molar-refractivity contribution >= 4 is 41.0 Å². The average Bonchev–Trinajstić information content (AvgIpc) is 3.26. The van der Waals surface area contributed by atoms with Crippen molar-refractivity contribution in [1.29, 1.82) is 0 Å². The number of nitrogens with two attached hydrogens (primary N) is 1. The molecule has 386 valence electrons. The van der Waals surface area contributed by atoms with E-state index in [0.29, 0.717) is 24.7 Å². The first-order chi connectivity index (χ1) is 30.5. The predicted molar refractivity (Wildman–Crippen MR) is 280 cm³/mol. The number of rotatable bonds is 23. The number of Topliss-reactive ketones (excluding diaryl/α,β-unsaturated/α-hetero) is 3. The SMILES string of the molecule is CC.CC.CC(C)C.CCC(C)C.CCCC(=O)NCC(C)=O.CCCCC(=O)C(=O)NCC(C)=O.CCCCC(C(=O)N(C)C)C1C=CC=CC1.CCCCC(CCC(C)C)C(N)=O. The Kier molecular flexibility index (Phi) is 65.8. The van der Waals surface area contributed by atoms with E-state index < -0.39 is 11.7 Å². The fourth-order valence-electron chi connectivity index (χ4n) is 4.88. The topological polar surface area (TPSA) is 173 Å². The number of ketones is 3. The Hall–Kier alpha value is -3.63. The minimum Gasteiger partial charge on any atom is -0.369 e. The Labute approximate surface area is 402 Å². The second-order valence-corrected chi connectivity index (χ2v) is 17.6. The lowest BCUT2D eigenvalue weighted by Gasteiger charge is -2.26. The first kappa shape index (κ1) is 75.7. The highest BCUT2D eigenvalue weighted by molar-refractivity contribution is 6.36. The number of hydrogen-bond acceptors (Lipinski definition) is 7. The first-order valence-corrected chi connectivity index (χ1v) is 25.4. The van der Waals surface area contributed by atoms with Crippen molar-refractivity contribution < 1.29 is 33.6 Å². The van der Waals surface area contributed by atoms with E-state index in [4.69, 9.17) is 5.73 Å². The van der Waals surface area contributed by atoms with E-state index in [1.807, 2.05) is 55.6 Å². The Morgan fingerprint density at radius 1 is 0.631 bits per heavy atom. The molecule has 3 atom stereocenters. The smallest absolute Gasteiger partial charge is 0.287 e. The van der Waals surface area contributed by atoms with Gasteiger partial charge in [-0.3, -0.25) is 33.6 Å². The van der Waals surface area contributed by atoms with Gasteiger partial charge in [0.15, 0.2) is 0 Å². The molecule has 0 spiro atoms. The highest BCUT2D eigenvalue weighted by Gasteiger charge is 2.27. The standard InChI is InChI=1S/C14H23NO.C11H23NO.C9H15NO3.C7H13NO2.C5H12.C4H10.2C2H6/c1-4-5-11-13(14(16)15(2)3)12-9-7-6-8-10-12;1-4-5-6-10(11(12)13)8-7-9(2)3;1-3-4-5-8(12)9(13)10-6-7(2)11;1-3-4-7(10)8-5-6(2)9;1-4-5(2)3;1-4(2)3;2*1-2/h6-9,12-13H,4-5,10-11H2,1-3H3;9-10H,4-8H2,1-3H3,(H2,12,13);3-6H2,1-2H3,(H,10,13);3-5H2,1-2H3,(H,8,10);5H,4H2,1-3H3;4H,1-3H3;2*1-2H3. The van der Waals surface area contributed by atoms with Crippen LogP contribution in [0.3, 0.4) is 0 Å². The van der Waals surface area contributed by atoms with Gasteiger partial charge in [0.25, 0.3) is 5.91 Å². The summed E-state index contributed by atoms with van der Waals surface area (Å²) in [7, 11) is 3.70. The van der Waals surface area contributed by atoms with Gasteiger partial charge in [0, 0.05) is 38.8 Å². The van der Waals surface area contributed by atoms with Gasteiger partial charge in [-0.1, -0.05) is 180 Å². The molecule has 11 nitrogen and oxygen atoms in total. The first-order valence-electron chi connectivity index (χ1n) is 25.4. The zero-order valence-corrected chi connectivity index (χ0v) is 46.2. The lowest BCUT2D eigenvalue weighted by Crippen LogP contribution is -2.34. The van der Waals surface area contributed by atoms with Crippen LogP contribution in [0.5, 0.6) is 0 Å². The molecule has 1 aliphatic carbocycles. The third kappa shape index (κ3) is 64.7. The lowest BCUT2D eigenvalue weighted by molar-refractivity contribution is -0.138. The molecule has 0 heterocycles. The summed E-state index contributed by atoms with van der Waals surface area (Å²) >= 11 is 0. The van der Waals surface area contributed by atoms with Crippen LogP contribution in [0.25, 0.3) is 0 Å². The molecule has 0 bridgehead atoms. The van der Waals surface area contributed by atoms with Gasteiger partial charge in [-0.15, -0.1) is 0 Å². The monoisotopic (exact) mass is 925 g/mol. The summed E-state index contributed by atoms with van der Waals surface area (Å²) in [5.41, 5.74) is 5.32. The van der Waals surface area contributed by atoms with Gasteiger partial charge in [-0.2, -0.15) is 0 Å². The molecular weight excluding hydrogens is 817 g/mol. The van der Waals surface area contributed by atoms with Crippen LogP contribution in [0.1, 0.15) is 221 Å². The molecule has 0 aliphatic heterocycles. The highest BCUT2D eigenvalue weighted by atomic mass is 16.2. The van der Waals surface area contributed by atoms with Crippen LogP contribution >= 0.6 is 0 Å². The van der Waals surface area contributed by atoms with E-state index in [0.717, 1.165) is 82.5 Å². The molecule has 4 N–H and O–H groups in total. The minimum atomic E-state index is -0.649. The summed E-state index contributed by atoms with van der Waals surface area (Å²) in [6.45, 7) is 36.6. The molecule has 0 aromatic carbocycles. The van der Waals surface area contributed by atoms with E-state index in [9.17, 15) is 33.6 Å². The molecular formula is C54H108N4O7. The largest absolute Gasteiger partial charge is 0.369 e. The molecule has 65 heavy (non-hydrogen) atoms. The van der Waals surface area contributed by atoms with Crippen LogP contribution in [-0.4, -0.2) is 73.1 Å². The maximum absolute atomic E-state index is 12.1. The van der Waals surface area contributed by atoms with E-state index in [1.165, 1.54) is 20.3 Å². The van der Waals surface area contributed by atoms with E-state index >= 15 is 0 Å². The molecule has 4 amide bonds. The summed E-state index contributed by atoms with van der Waals surface area (Å²) in [6.07, 6.45) is 22.6. The van der Waals surface area contributed by atoms with Crippen LogP contribution < -0.4 is 16.4 Å². The van der Waals surface area contributed by atoms with Crippen molar-refractivity contribution in [3.63, 3.8) is 0 Å². The highest BCUT2D eigenvalue weighted by Crippen LogP contribution is 2.27. The van der Waals surface area contributed by atoms with Crippen LogP contribution in [0, 0.1) is 35.5 Å². The summed E-state index contributed by atoms with van der Waals surface area (Å²) in [4.78, 5) is 78.3. The average molecular weight is 925 g/mol. The summed E-state index contributed by atoms with van der Waals surface area (Å²) < 4.78 is 0. The molecule has 0 aromatic heterocycles. The summed E-state index contributed by atoms with van der Waals surface area (Å²) in [6, 6.07) is 0. The van der Waals surface area contributed by atoms with Crippen molar-refractivity contribution in [1.82, 2.24) is 15.5 Å². The number of carbonyl (C=O) groups is 7. The van der Waals surface area contributed by atoms with Crippen molar-refractivity contribution in [2.45, 2.75) is 221 Å².